The smallest absolute Gasteiger partial charge is 0.414 e. The second-order valence-corrected chi connectivity index (χ2v) is 4.51. The molecule has 2 amide bonds. The molecule has 0 aliphatic carbocycles. The number of rotatable bonds is 5. The Hall–Kier alpha value is -2.04. The van der Waals surface area contributed by atoms with E-state index in [-0.39, 0.29) is 18.1 Å². The Bertz CT molecular complexity index is 447. The molecule has 102 valence electrons. The summed E-state index contributed by atoms with van der Waals surface area (Å²) in [5.41, 5.74) is 0.815. The van der Waals surface area contributed by atoms with E-state index in [4.69, 9.17) is 4.74 Å². The number of nitrogens with zero attached hydrogens (tertiary/aromatic N) is 1. The van der Waals surface area contributed by atoms with Crippen molar-refractivity contribution in [2.24, 2.45) is 0 Å². The topological polar surface area (TPSA) is 58.6 Å². The number of benzene rings is 1. The first kappa shape index (κ1) is 13.4. The van der Waals surface area contributed by atoms with E-state index < -0.39 is 0 Å². The Morgan fingerprint density at radius 1 is 1.42 bits per heavy atom. The van der Waals surface area contributed by atoms with Crippen molar-refractivity contribution in [3.05, 3.63) is 30.3 Å². The van der Waals surface area contributed by atoms with Crippen LogP contribution in [0.25, 0.3) is 0 Å². The normalized spacial score (nSPS) is 18.3. The summed E-state index contributed by atoms with van der Waals surface area (Å²) in [6.45, 7) is 2.79. The van der Waals surface area contributed by atoms with Gasteiger partial charge < -0.3 is 10.1 Å². The number of cyclic esters (lactones) is 1. The summed E-state index contributed by atoms with van der Waals surface area (Å²) < 4.78 is 5.23. The van der Waals surface area contributed by atoms with Crippen molar-refractivity contribution in [1.82, 2.24) is 5.32 Å². The number of amides is 2. The van der Waals surface area contributed by atoms with E-state index in [1.54, 1.807) is 4.90 Å². The lowest BCUT2D eigenvalue weighted by molar-refractivity contribution is -0.121. The van der Waals surface area contributed by atoms with Gasteiger partial charge in [0.25, 0.3) is 0 Å². The van der Waals surface area contributed by atoms with Gasteiger partial charge >= 0.3 is 6.09 Å². The Morgan fingerprint density at radius 2 is 2.16 bits per heavy atom. The molecule has 1 heterocycles. The van der Waals surface area contributed by atoms with Crippen LogP contribution in [-0.2, 0) is 9.53 Å². The molecular weight excluding hydrogens is 244 g/mol. The quantitative estimate of drug-likeness (QED) is 0.882. The number of nitrogens with one attached hydrogen (secondary N) is 1. The largest absolute Gasteiger partial charge is 0.442 e. The highest BCUT2D eigenvalue weighted by atomic mass is 16.6. The molecule has 5 nitrogen and oxygen atoms in total. The molecule has 1 saturated heterocycles. The molecule has 1 unspecified atom stereocenters. The summed E-state index contributed by atoms with van der Waals surface area (Å²) in [5.74, 6) is -0.00305. The molecule has 19 heavy (non-hydrogen) atoms. The van der Waals surface area contributed by atoms with Gasteiger partial charge in [-0.15, -0.1) is 0 Å². The summed E-state index contributed by atoms with van der Waals surface area (Å²) in [5, 5.41) is 2.78. The molecule has 0 saturated carbocycles. The van der Waals surface area contributed by atoms with E-state index in [1.165, 1.54) is 0 Å². The third kappa shape index (κ3) is 3.47. The first-order chi connectivity index (χ1) is 9.20. The molecule has 0 bridgehead atoms. The van der Waals surface area contributed by atoms with E-state index in [0.29, 0.717) is 19.5 Å². The fraction of sp³-hybridized carbons (Fsp3) is 0.429. The first-order valence-electron chi connectivity index (χ1n) is 6.50. The van der Waals surface area contributed by atoms with E-state index in [0.717, 1.165) is 12.1 Å². The van der Waals surface area contributed by atoms with Crippen molar-refractivity contribution in [2.75, 3.05) is 18.0 Å². The monoisotopic (exact) mass is 262 g/mol. The van der Waals surface area contributed by atoms with Crippen LogP contribution in [0.3, 0.4) is 0 Å². The van der Waals surface area contributed by atoms with Crippen LogP contribution in [0.4, 0.5) is 10.5 Å². The number of anilines is 1. The molecule has 1 N–H and O–H groups in total. The summed E-state index contributed by atoms with van der Waals surface area (Å²) in [6, 6.07) is 9.36. The van der Waals surface area contributed by atoms with Crippen LogP contribution < -0.4 is 10.2 Å². The molecule has 1 aliphatic rings. The molecule has 2 rings (SSSR count). The second kappa shape index (κ2) is 6.22. The molecule has 1 fully saturated rings. The lowest BCUT2D eigenvalue weighted by Crippen LogP contribution is -2.34. The third-order valence-corrected chi connectivity index (χ3v) is 2.95. The predicted molar refractivity (Wildman–Crippen MR) is 72.0 cm³/mol. The maximum Gasteiger partial charge on any atom is 0.414 e. The lowest BCUT2D eigenvalue weighted by atomic mass is 10.2. The van der Waals surface area contributed by atoms with E-state index in [9.17, 15) is 9.59 Å². The summed E-state index contributed by atoms with van der Waals surface area (Å²) in [7, 11) is 0. The fourth-order valence-corrected chi connectivity index (χ4v) is 1.99. The van der Waals surface area contributed by atoms with Crippen LogP contribution in [0.15, 0.2) is 30.3 Å². The Balaban J connectivity index is 1.88. The number of hydrogen-bond donors (Lipinski definition) is 1. The van der Waals surface area contributed by atoms with Crippen molar-refractivity contribution in [3.8, 4) is 0 Å². The standard InChI is InChI=1S/C14H18N2O3/c1-2-6-13(17)15-9-12-10-16(14(18)19-12)11-7-4-3-5-8-11/h3-5,7-8,12H,2,6,9-10H2,1H3,(H,15,17). The minimum Gasteiger partial charge on any atom is -0.442 e. The zero-order chi connectivity index (χ0) is 13.7. The van der Waals surface area contributed by atoms with Gasteiger partial charge in [0.15, 0.2) is 0 Å². The average molecular weight is 262 g/mol. The van der Waals surface area contributed by atoms with Crippen LogP contribution in [0.2, 0.25) is 0 Å². The van der Waals surface area contributed by atoms with E-state index in [2.05, 4.69) is 5.32 Å². The van der Waals surface area contributed by atoms with Crippen molar-refractivity contribution in [2.45, 2.75) is 25.9 Å². The molecule has 0 radical (unpaired) electrons. The van der Waals surface area contributed by atoms with Crippen LogP contribution in [0.5, 0.6) is 0 Å². The molecule has 0 aromatic heterocycles. The number of hydrogen-bond acceptors (Lipinski definition) is 3. The maximum atomic E-state index is 11.7. The van der Waals surface area contributed by atoms with Gasteiger partial charge in [0.1, 0.15) is 6.10 Å². The van der Waals surface area contributed by atoms with Crippen molar-refractivity contribution in [3.63, 3.8) is 0 Å². The predicted octanol–water partition coefficient (Wildman–Crippen LogP) is 1.93. The van der Waals surface area contributed by atoms with Crippen LogP contribution >= 0.6 is 0 Å². The van der Waals surface area contributed by atoms with Crippen molar-refractivity contribution < 1.29 is 14.3 Å². The summed E-state index contributed by atoms with van der Waals surface area (Å²) in [6.07, 6.45) is 0.671. The summed E-state index contributed by atoms with van der Waals surface area (Å²) >= 11 is 0. The van der Waals surface area contributed by atoms with Crippen LogP contribution in [0.1, 0.15) is 19.8 Å². The highest BCUT2D eigenvalue weighted by Gasteiger charge is 2.32. The van der Waals surface area contributed by atoms with Crippen molar-refractivity contribution in [1.29, 1.82) is 0 Å². The highest BCUT2D eigenvalue weighted by Crippen LogP contribution is 2.20. The third-order valence-electron chi connectivity index (χ3n) is 2.95. The zero-order valence-electron chi connectivity index (χ0n) is 11.0. The Labute approximate surface area is 112 Å². The van der Waals surface area contributed by atoms with Gasteiger partial charge in [0, 0.05) is 12.1 Å². The molecule has 5 heteroatoms. The molecule has 1 aromatic rings. The number of carbonyl (C=O) groups is 2. The van der Waals surface area contributed by atoms with E-state index >= 15 is 0 Å². The number of ether oxygens (including phenoxy) is 1. The molecule has 1 aliphatic heterocycles. The molecule has 1 aromatic carbocycles. The zero-order valence-corrected chi connectivity index (χ0v) is 11.0. The number of para-hydroxylation sites is 1. The molecular formula is C14H18N2O3. The minimum atomic E-state index is -0.360. The van der Waals surface area contributed by atoms with Gasteiger partial charge in [0.05, 0.1) is 13.1 Å². The average Bonchev–Trinajstić information content (AvgIpc) is 2.79. The van der Waals surface area contributed by atoms with Crippen LogP contribution in [0, 0.1) is 0 Å². The van der Waals surface area contributed by atoms with Gasteiger partial charge in [-0.05, 0) is 18.6 Å². The van der Waals surface area contributed by atoms with E-state index in [1.807, 2.05) is 37.3 Å². The van der Waals surface area contributed by atoms with Gasteiger partial charge in [-0.25, -0.2) is 4.79 Å². The second-order valence-electron chi connectivity index (χ2n) is 4.51. The fourth-order valence-electron chi connectivity index (χ4n) is 1.99. The first-order valence-corrected chi connectivity index (χ1v) is 6.50. The van der Waals surface area contributed by atoms with Crippen LogP contribution in [-0.4, -0.2) is 31.2 Å². The van der Waals surface area contributed by atoms with Gasteiger partial charge in [-0.2, -0.15) is 0 Å². The van der Waals surface area contributed by atoms with Gasteiger partial charge in [0.2, 0.25) is 5.91 Å². The van der Waals surface area contributed by atoms with Gasteiger partial charge in [-0.3, -0.25) is 9.69 Å². The molecule has 0 spiro atoms. The van der Waals surface area contributed by atoms with Crippen molar-refractivity contribution >= 4 is 17.7 Å². The van der Waals surface area contributed by atoms with Gasteiger partial charge in [-0.1, -0.05) is 25.1 Å². The minimum absolute atomic E-state index is 0.00305. The molecule has 1 atom stereocenters. The number of carbonyl (C=O) groups excluding carboxylic acids is 2. The SMILES string of the molecule is CCCC(=O)NCC1CN(c2ccccc2)C(=O)O1. The summed E-state index contributed by atoms with van der Waals surface area (Å²) in [4.78, 5) is 24.7. The Kier molecular flexibility index (Phi) is 4.39. The lowest BCUT2D eigenvalue weighted by Gasteiger charge is -2.12. The Morgan fingerprint density at radius 3 is 2.84 bits per heavy atom. The maximum absolute atomic E-state index is 11.7. The highest BCUT2D eigenvalue weighted by molar-refractivity contribution is 5.89.